The molecule has 0 bridgehead atoms. The third kappa shape index (κ3) is 6.49. The van der Waals surface area contributed by atoms with Gasteiger partial charge in [0.05, 0.1) is 30.4 Å². The maximum absolute atomic E-state index is 12.6. The summed E-state index contributed by atoms with van der Waals surface area (Å²) in [6.07, 6.45) is 1.40. The highest BCUT2D eigenvalue weighted by Crippen LogP contribution is 2.34. The van der Waals surface area contributed by atoms with Gasteiger partial charge in [0.25, 0.3) is 5.91 Å². The van der Waals surface area contributed by atoms with Crippen LogP contribution >= 0.6 is 11.6 Å². The number of ether oxygens (including phenoxy) is 3. The van der Waals surface area contributed by atoms with Gasteiger partial charge in [-0.2, -0.15) is 5.26 Å². The van der Waals surface area contributed by atoms with Crippen molar-refractivity contribution in [2.75, 3.05) is 25.1 Å². The van der Waals surface area contributed by atoms with E-state index < -0.39 is 11.9 Å². The molecule has 2 rings (SSSR count). The average Bonchev–Trinajstić information content (AvgIpc) is 2.75. The molecular formula is C23H23ClN2O5. The lowest BCUT2D eigenvalue weighted by molar-refractivity contribution is -0.112. The fourth-order valence-corrected chi connectivity index (χ4v) is 2.84. The van der Waals surface area contributed by atoms with Gasteiger partial charge in [-0.1, -0.05) is 11.6 Å². The zero-order chi connectivity index (χ0) is 22.8. The number of anilines is 1. The third-order valence-electron chi connectivity index (χ3n) is 3.98. The zero-order valence-electron chi connectivity index (χ0n) is 17.5. The zero-order valence-corrected chi connectivity index (χ0v) is 18.3. The van der Waals surface area contributed by atoms with E-state index in [0.29, 0.717) is 46.5 Å². The standard InChI is InChI=1S/C23H23ClN2O5/c1-4-29-20-13-21(30-5-2)19(24)12-16(20)11-17(14-25)22(27)26-18-9-7-15(8-10-18)23(28)31-6-3/h7-13H,4-6H2,1-3H3,(H,26,27)/b17-11+. The predicted octanol–water partition coefficient (Wildman–Crippen LogP) is 4.86. The van der Waals surface area contributed by atoms with Crippen molar-refractivity contribution in [1.29, 1.82) is 5.26 Å². The highest BCUT2D eigenvalue weighted by Gasteiger charge is 2.15. The van der Waals surface area contributed by atoms with E-state index in [0.717, 1.165) is 0 Å². The lowest BCUT2D eigenvalue weighted by atomic mass is 10.1. The number of amides is 1. The smallest absolute Gasteiger partial charge is 0.338 e. The number of hydrogen-bond acceptors (Lipinski definition) is 6. The number of esters is 1. The van der Waals surface area contributed by atoms with Crippen LogP contribution in [-0.2, 0) is 9.53 Å². The molecule has 0 aliphatic carbocycles. The molecule has 0 spiro atoms. The SMILES string of the molecule is CCOC(=O)c1ccc(NC(=O)/C(C#N)=C/c2cc(Cl)c(OCC)cc2OCC)cc1. The fraction of sp³-hybridized carbons (Fsp3) is 0.261. The molecule has 2 aromatic carbocycles. The third-order valence-corrected chi connectivity index (χ3v) is 4.28. The molecule has 0 fully saturated rings. The van der Waals surface area contributed by atoms with Gasteiger partial charge in [-0.3, -0.25) is 4.79 Å². The quantitative estimate of drug-likeness (QED) is 0.338. The summed E-state index contributed by atoms with van der Waals surface area (Å²) in [6, 6.07) is 11.3. The molecule has 0 heterocycles. The first-order valence-electron chi connectivity index (χ1n) is 9.72. The Morgan fingerprint density at radius 3 is 2.26 bits per heavy atom. The minimum Gasteiger partial charge on any atom is -0.493 e. The Hall–Kier alpha value is -3.50. The number of carbonyl (C=O) groups is 2. The second-order valence-corrected chi connectivity index (χ2v) is 6.52. The van der Waals surface area contributed by atoms with E-state index in [9.17, 15) is 14.9 Å². The Labute approximate surface area is 186 Å². The van der Waals surface area contributed by atoms with Crippen LogP contribution in [0.5, 0.6) is 11.5 Å². The Morgan fingerprint density at radius 1 is 1.03 bits per heavy atom. The second kappa shape index (κ2) is 11.6. The number of benzene rings is 2. The minimum atomic E-state index is -0.612. The molecule has 2 aromatic rings. The van der Waals surface area contributed by atoms with Gasteiger partial charge in [0.2, 0.25) is 0 Å². The van der Waals surface area contributed by atoms with Crippen molar-refractivity contribution in [2.45, 2.75) is 20.8 Å². The Kier molecular flexibility index (Phi) is 8.92. The first kappa shape index (κ1) is 23.8. The molecule has 0 aromatic heterocycles. The molecule has 1 N–H and O–H groups in total. The van der Waals surface area contributed by atoms with Crippen LogP contribution in [0.15, 0.2) is 42.0 Å². The molecule has 7 nitrogen and oxygen atoms in total. The Bertz CT molecular complexity index is 1010. The second-order valence-electron chi connectivity index (χ2n) is 6.11. The number of rotatable bonds is 9. The van der Waals surface area contributed by atoms with Crippen molar-refractivity contribution in [1.82, 2.24) is 0 Å². The molecule has 162 valence electrons. The molecule has 0 radical (unpaired) electrons. The molecular weight excluding hydrogens is 420 g/mol. The van der Waals surface area contributed by atoms with Crippen molar-refractivity contribution in [3.05, 3.63) is 58.1 Å². The maximum Gasteiger partial charge on any atom is 0.338 e. The first-order chi connectivity index (χ1) is 14.9. The van der Waals surface area contributed by atoms with Crippen LogP contribution in [0.4, 0.5) is 5.69 Å². The maximum atomic E-state index is 12.6. The number of nitriles is 1. The van der Waals surface area contributed by atoms with Crippen LogP contribution in [0.3, 0.4) is 0 Å². The Balaban J connectivity index is 2.27. The topological polar surface area (TPSA) is 97.7 Å². The summed E-state index contributed by atoms with van der Waals surface area (Å²) in [5.41, 5.74) is 1.12. The number of carbonyl (C=O) groups excluding carboxylic acids is 2. The van der Waals surface area contributed by atoms with E-state index in [-0.39, 0.29) is 12.2 Å². The highest BCUT2D eigenvalue weighted by molar-refractivity contribution is 6.32. The largest absolute Gasteiger partial charge is 0.493 e. The number of nitrogens with zero attached hydrogens (tertiary/aromatic N) is 1. The summed E-state index contributed by atoms with van der Waals surface area (Å²) in [5.74, 6) is -0.170. The Morgan fingerprint density at radius 2 is 1.68 bits per heavy atom. The van der Waals surface area contributed by atoms with Gasteiger partial charge >= 0.3 is 5.97 Å². The molecule has 8 heteroatoms. The van der Waals surface area contributed by atoms with E-state index in [4.69, 9.17) is 25.8 Å². The predicted molar refractivity (Wildman–Crippen MR) is 118 cm³/mol. The number of nitrogens with one attached hydrogen (secondary N) is 1. The summed E-state index contributed by atoms with van der Waals surface area (Å²) in [5, 5.41) is 12.5. The van der Waals surface area contributed by atoms with Crippen molar-refractivity contribution in [2.24, 2.45) is 0 Å². The van der Waals surface area contributed by atoms with Crippen molar-refractivity contribution >= 4 is 35.2 Å². The molecule has 31 heavy (non-hydrogen) atoms. The molecule has 0 atom stereocenters. The van der Waals surface area contributed by atoms with Gasteiger partial charge < -0.3 is 19.5 Å². The van der Waals surface area contributed by atoms with Crippen LogP contribution in [-0.4, -0.2) is 31.7 Å². The lowest BCUT2D eigenvalue weighted by Gasteiger charge is -2.12. The van der Waals surface area contributed by atoms with E-state index in [2.05, 4.69) is 5.32 Å². The summed E-state index contributed by atoms with van der Waals surface area (Å²) in [4.78, 5) is 24.3. The van der Waals surface area contributed by atoms with Crippen LogP contribution in [0.1, 0.15) is 36.7 Å². The van der Waals surface area contributed by atoms with Gasteiger partial charge in [0.1, 0.15) is 23.1 Å². The van der Waals surface area contributed by atoms with Crippen molar-refractivity contribution < 1.29 is 23.8 Å². The molecule has 0 aliphatic rings. The molecule has 1 amide bonds. The number of hydrogen-bond donors (Lipinski definition) is 1. The van der Waals surface area contributed by atoms with E-state index in [1.54, 1.807) is 31.2 Å². The van der Waals surface area contributed by atoms with Gasteiger partial charge in [-0.25, -0.2) is 4.79 Å². The first-order valence-corrected chi connectivity index (χ1v) is 10.1. The van der Waals surface area contributed by atoms with Crippen LogP contribution < -0.4 is 14.8 Å². The van der Waals surface area contributed by atoms with Gasteiger partial charge in [-0.05, 0) is 57.2 Å². The normalized spacial score (nSPS) is 10.7. The highest BCUT2D eigenvalue weighted by atomic mass is 35.5. The van der Waals surface area contributed by atoms with E-state index in [1.807, 2.05) is 19.9 Å². The summed E-state index contributed by atoms with van der Waals surface area (Å²) < 4.78 is 16.0. The monoisotopic (exact) mass is 442 g/mol. The molecule has 0 saturated heterocycles. The number of halogens is 1. The van der Waals surface area contributed by atoms with Gasteiger partial charge in [0.15, 0.2) is 0 Å². The molecule has 0 saturated carbocycles. The molecule has 0 aliphatic heterocycles. The summed E-state index contributed by atoms with van der Waals surface area (Å²) in [7, 11) is 0. The van der Waals surface area contributed by atoms with Crippen molar-refractivity contribution in [3.8, 4) is 17.6 Å². The van der Waals surface area contributed by atoms with Crippen LogP contribution in [0.25, 0.3) is 6.08 Å². The average molecular weight is 443 g/mol. The lowest BCUT2D eigenvalue weighted by Crippen LogP contribution is -2.14. The van der Waals surface area contributed by atoms with Gasteiger partial charge in [0, 0.05) is 17.3 Å². The van der Waals surface area contributed by atoms with E-state index in [1.165, 1.54) is 18.2 Å². The summed E-state index contributed by atoms with van der Waals surface area (Å²) >= 11 is 6.25. The van der Waals surface area contributed by atoms with Gasteiger partial charge in [-0.15, -0.1) is 0 Å². The fourth-order valence-electron chi connectivity index (χ4n) is 2.62. The van der Waals surface area contributed by atoms with Crippen molar-refractivity contribution in [3.63, 3.8) is 0 Å². The molecule has 0 unspecified atom stereocenters. The van der Waals surface area contributed by atoms with E-state index >= 15 is 0 Å². The van der Waals surface area contributed by atoms with Crippen LogP contribution in [0, 0.1) is 11.3 Å². The van der Waals surface area contributed by atoms with Crippen LogP contribution in [0.2, 0.25) is 5.02 Å². The summed E-state index contributed by atoms with van der Waals surface area (Å²) in [6.45, 7) is 6.46. The minimum absolute atomic E-state index is 0.143.